The maximum atomic E-state index is 13.3. The van der Waals surface area contributed by atoms with Gasteiger partial charge in [0.05, 0.1) is 17.3 Å². The smallest absolute Gasteiger partial charge is 0.230 e. The molecule has 1 atom stereocenters. The van der Waals surface area contributed by atoms with Gasteiger partial charge in [-0.15, -0.1) is 0 Å². The molecule has 0 aliphatic carbocycles. The van der Waals surface area contributed by atoms with Crippen molar-refractivity contribution in [3.8, 4) is 5.69 Å². The van der Waals surface area contributed by atoms with Gasteiger partial charge in [0.2, 0.25) is 11.8 Å². The standard InChI is InChI=1S/C25H26N4O2S/c1-15-4-7-19(8-5-15)29-24(21-13-32-14-22(21)27-29)26-25(31)18-11-23(30)28(12-18)20-9-6-16(2)17(3)10-20/h4-10,18H,11-14H2,1-3H3,(H,26,31). The van der Waals surface area contributed by atoms with Crippen LogP contribution in [0.4, 0.5) is 11.5 Å². The van der Waals surface area contributed by atoms with Gasteiger partial charge in [-0.2, -0.15) is 16.9 Å². The van der Waals surface area contributed by atoms with Crippen molar-refractivity contribution in [2.75, 3.05) is 16.8 Å². The summed E-state index contributed by atoms with van der Waals surface area (Å²) >= 11 is 1.80. The molecule has 2 amide bonds. The highest BCUT2D eigenvalue weighted by atomic mass is 32.2. The molecule has 6 nitrogen and oxygen atoms in total. The van der Waals surface area contributed by atoms with E-state index in [1.165, 1.54) is 11.1 Å². The van der Waals surface area contributed by atoms with Crippen molar-refractivity contribution >= 4 is 35.1 Å². The third kappa shape index (κ3) is 3.71. The van der Waals surface area contributed by atoms with E-state index in [2.05, 4.69) is 12.2 Å². The first kappa shape index (κ1) is 20.8. The number of hydrogen-bond acceptors (Lipinski definition) is 4. The highest BCUT2D eigenvalue weighted by molar-refractivity contribution is 7.98. The summed E-state index contributed by atoms with van der Waals surface area (Å²) in [5.41, 5.74) is 7.37. The van der Waals surface area contributed by atoms with Gasteiger partial charge in [0.1, 0.15) is 5.82 Å². The predicted octanol–water partition coefficient (Wildman–Crippen LogP) is 4.54. The number of nitrogens with zero attached hydrogens (tertiary/aromatic N) is 3. The molecule has 164 valence electrons. The molecule has 0 bridgehead atoms. The van der Waals surface area contributed by atoms with Gasteiger partial charge < -0.3 is 10.2 Å². The average molecular weight is 447 g/mol. The van der Waals surface area contributed by atoms with Gasteiger partial charge in [-0.1, -0.05) is 23.8 Å². The Labute approximate surface area is 192 Å². The molecule has 1 aromatic heterocycles. The molecule has 1 unspecified atom stereocenters. The van der Waals surface area contributed by atoms with E-state index in [1.807, 2.05) is 61.0 Å². The lowest BCUT2D eigenvalue weighted by Gasteiger charge is -2.18. The Morgan fingerprint density at radius 3 is 2.53 bits per heavy atom. The van der Waals surface area contributed by atoms with Crippen LogP contribution in [0.25, 0.3) is 5.69 Å². The average Bonchev–Trinajstić information content (AvgIpc) is 3.47. The zero-order chi connectivity index (χ0) is 22.4. The summed E-state index contributed by atoms with van der Waals surface area (Å²) in [4.78, 5) is 27.7. The second-order valence-electron chi connectivity index (χ2n) is 8.68. The van der Waals surface area contributed by atoms with Crippen LogP contribution in [0.2, 0.25) is 0 Å². The first-order valence-electron chi connectivity index (χ1n) is 10.8. The van der Waals surface area contributed by atoms with Crippen LogP contribution in [0, 0.1) is 26.7 Å². The topological polar surface area (TPSA) is 67.2 Å². The van der Waals surface area contributed by atoms with E-state index in [9.17, 15) is 9.59 Å². The van der Waals surface area contributed by atoms with E-state index in [1.54, 1.807) is 16.7 Å². The number of benzene rings is 2. The molecule has 2 aromatic carbocycles. The van der Waals surface area contributed by atoms with Gasteiger partial charge in [0, 0.05) is 35.7 Å². The molecule has 3 aromatic rings. The third-order valence-electron chi connectivity index (χ3n) is 6.37. The summed E-state index contributed by atoms with van der Waals surface area (Å²) in [6.07, 6.45) is 0.217. The Hall–Kier alpha value is -3.06. The first-order valence-corrected chi connectivity index (χ1v) is 12.0. The maximum absolute atomic E-state index is 13.3. The number of nitrogens with one attached hydrogen (secondary N) is 1. The van der Waals surface area contributed by atoms with E-state index in [0.717, 1.165) is 45.5 Å². The van der Waals surface area contributed by atoms with Crippen LogP contribution in [0.3, 0.4) is 0 Å². The largest absolute Gasteiger partial charge is 0.312 e. The lowest BCUT2D eigenvalue weighted by molar-refractivity contribution is -0.122. The van der Waals surface area contributed by atoms with Crippen LogP contribution in [0.1, 0.15) is 34.4 Å². The van der Waals surface area contributed by atoms with Crippen molar-refractivity contribution in [3.63, 3.8) is 0 Å². The highest BCUT2D eigenvalue weighted by Crippen LogP contribution is 2.37. The van der Waals surface area contributed by atoms with Gasteiger partial charge >= 0.3 is 0 Å². The molecule has 32 heavy (non-hydrogen) atoms. The summed E-state index contributed by atoms with van der Waals surface area (Å²) in [7, 11) is 0. The lowest BCUT2D eigenvalue weighted by Crippen LogP contribution is -2.29. The zero-order valence-electron chi connectivity index (χ0n) is 18.5. The van der Waals surface area contributed by atoms with Crippen molar-refractivity contribution in [2.24, 2.45) is 5.92 Å². The Morgan fingerprint density at radius 2 is 1.78 bits per heavy atom. The molecular weight excluding hydrogens is 420 g/mol. The van der Waals surface area contributed by atoms with Crippen molar-refractivity contribution in [1.29, 1.82) is 0 Å². The number of amides is 2. The number of thioether (sulfide) groups is 1. The minimum atomic E-state index is -0.393. The fraction of sp³-hybridized carbons (Fsp3) is 0.320. The summed E-state index contributed by atoms with van der Waals surface area (Å²) < 4.78 is 1.83. The lowest BCUT2D eigenvalue weighted by atomic mass is 10.1. The van der Waals surface area contributed by atoms with Crippen molar-refractivity contribution < 1.29 is 9.59 Å². The van der Waals surface area contributed by atoms with Crippen molar-refractivity contribution in [1.82, 2.24) is 9.78 Å². The Bertz CT molecular complexity index is 1220. The fourth-order valence-electron chi connectivity index (χ4n) is 4.26. The van der Waals surface area contributed by atoms with Crippen LogP contribution in [-0.2, 0) is 21.1 Å². The molecule has 7 heteroatoms. The maximum Gasteiger partial charge on any atom is 0.230 e. The number of anilines is 2. The Kier molecular flexibility index (Phi) is 5.29. The molecule has 2 aliphatic rings. The van der Waals surface area contributed by atoms with Crippen LogP contribution in [0.5, 0.6) is 0 Å². The van der Waals surface area contributed by atoms with Gasteiger partial charge in [0.15, 0.2) is 0 Å². The van der Waals surface area contributed by atoms with E-state index in [-0.39, 0.29) is 18.2 Å². The molecule has 1 saturated heterocycles. The molecular formula is C25H26N4O2S. The predicted molar refractivity (Wildman–Crippen MR) is 128 cm³/mol. The highest BCUT2D eigenvalue weighted by Gasteiger charge is 2.36. The zero-order valence-corrected chi connectivity index (χ0v) is 19.3. The molecule has 2 aliphatic heterocycles. The van der Waals surface area contributed by atoms with E-state index in [4.69, 9.17) is 5.10 Å². The summed E-state index contributed by atoms with van der Waals surface area (Å²) in [6, 6.07) is 14.1. The number of carbonyl (C=O) groups excluding carboxylic acids is 2. The van der Waals surface area contributed by atoms with Gasteiger partial charge in [0.25, 0.3) is 0 Å². The SMILES string of the molecule is Cc1ccc(-n2nc3c(c2NC(=O)C2CC(=O)N(c4ccc(C)c(C)c4)C2)CSC3)cc1. The van der Waals surface area contributed by atoms with Crippen molar-refractivity contribution in [3.05, 3.63) is 70.4 Å². The van der Waals surface area contributed by atoms with Crippen LogP contribution in [-0.4, -0.2) is 28.1 Å². The molecule has 3 heterocycles. The molecule has 0 radical (unpaired) electrons. The Balaban J connectivity index is 1.39. The Morgan fingerprint density at radius 1 is 1.03 bits per heavy atom. The second kappa shape index (κ2) is 8.13. The quantitative estimate of drug-likeness (QED) is 0.639. The molecule has 5 rings (SSSR count). The van der Waals surface area contributed by atoms with Crippen molar-refractivity contribution in [2.45, 2.75) is 38.7 Å². The van der Waals surface area contributed by atoms with Gasteiger partial charge in [-0.3, -0.25) is 9.59 Å². The number of rotatable bonds is 4. The number of carbonyl (C=O) groups is 2. The van der Waals surface area contributed by atoms with Crippen LogP contribution in [0.15, 0.2) is 42.5 Å². The summed E-state index contributed by atoms with van der Waals surface area (Å²) in [5, 5.41) is 7.90. The second-order valence-corrected chi connectivity index (χ2v) is 9.66. The van der Waals surface area contributed by atoms with Gasteiger partial charge in [-0.05, 0) is 56.2 Å². The van der Waals surface area contributed by atoms with Crippen LogP contribution < -0.4 is 10.2 Å². The number of hydrogen-bond donors (Lipinski definition) is 1. The van der Waals surface area contributed by atoms with E-state index < -0.39 is 5.92 Å². The normalized spacial score (nSPS) is 17.7. The monoisotopic (exact) mass is 446 g/mol. The number of fused-ring (bicyclic) bond motifs is 1. The van der Waals surface area contributed by atoms with E-state index in [0.29, 0.717) is 6.54 Å². The molecule has 0 spiro atoms. The van der Waals surface area contributed by atoms with Crippen LogP contribution >= 0.6 is 11.8 Å². The minimum absolute atomic E-state index is 0.0128. The summed E-state index contributed by atoms with van der Waals surface area (Å²) in [5.74, 6) is 1.87. The fourth-order valence-corrected chi connectivity index (χ4v) is 5.29. The minimum Gasteiger partial charge on any atom is -0.312 e. The summed E-state index contributed by atoms with van der Waals surface area (Å²) in [6.45, 7) is 6.52. The van der Waals surface area contributed by atoms with E-state index >= 15 is 0 Å². The third-order valence-corrected chi connectivity index (χ3v) is 7.34. The number of aromatic nitrogens is 2. The first-order chi connectivity index (χ1) is 15.4. The molecule has 1 N–H and O–H groups in total. The molecule has 1 fully saturated rings. The molecule has 0 saturated carbocycles. The van der Waals surface area contributed by atoms with Gasteiger partial charge in [-0.25, -0.2) is 4.68 Å². The number of aryl methyl sites for hydroxylation is 3.